The van der Waals surface area contributed by atoms with Gasteiger partial charge >= 0.3 is 11.8 Å². The van der Waals surface area contributed by atoms with Crippen LogP contribution in [-0.2, 0) is 9.59 Å². The van der Waals surface area contributed by atoms with Crippen LogP contribution >= 0.6 is 11.3 Å². The molecule has 1 unspecified atom stereocenters. The molecule has 2 rings (SSSR count). The number of nitrogens with zero attached hydrogens (tertiary/aromatic N) is 1. The minimum Gasteiger partial charge on any atom is -0.348 e. The van der Waals surface area contributed by atoms with Gasteiger partial charge in [-0.25, -0.2) is 0 Å². The van der Waals surface area contributed by atoms with E-state index in [1.807, 2.05) is 0 Å². The number of thiophene rings is 1. The van der Waals surface area contributed by atoms with Crippen LogP contribution in [0.1, 0.15) is 44.7 Å². The molecule has 2 heterocycles. The predicted molar refractivity (Wildman–Crippen MR) is 93.3 cm³/mol. The molecule has 1 saturated heterocycles. The van der Waals surface area contributed by atoms with E-state index < -0.39 is 11.8 Å². The zero-order chi connectivity index (χ0) is 16.7. The molecule has 0 bridgehead atoms. The van der Waals surface area contributed by atoms with Crippen molar-refractivity contribution in [3.63, 3.8) is 0 Å². The third kappa shape index (κ3) is 5.62. The first-order chi connectivity index (χ1) is 11.1. The lowest BCUT2D eigenvalue weighted by Gasteiger charge is -2.27. The number of hydrogen-bond donors (Lipinski definition) is 2. The minimum absolute atomic E-state index is 0.163. The van der Waals surface area contributed by atoms with Gasteiger partial charge < -0.3 is 10.6 Å². The van der Waals surface area contributed by atoms with Crippen LogP contribution in [0.15, 0.2) is 16.8 Å². The van der Waals surface area contributed by atoms with Gasteiger partial charge in [-0.3, -0.25) is 14.5 Å². The average Bonchev–Trinajstić information content (AvgIpc) is 3.20. The largest absolute Gasteiger partial charge is 0.348 e. The van der Waals surface area contributed by atoms with Crippen LogP contribution in [0.2, 0.25) is 0 Å². The third-order valence-electron chi connectivity index (χ3n) is 4.18. The van der Waals surface area contributed by atoms with Crippen molar-refractivity contribution in [2.75, 3.05) is 26.2 Å². The summed E-state index contributed by atoms with van der Waals surface area (Å²) in [5.41, 5.74) is 1.22. The fourth-order valence-electron chi connectivity index (χ4n) is 2.80. The monoisotopic (exact) mass is 337 g/mol. The van der Waals surface area contributed by atoms with Crippen LogP contribution in [0.3, 0.4) is 0 Å². The number of rotatable bonds is 7. The Morgan fingerprint density at radius 1 is 1.22 bits per heavy atom. The topological polar surface area (TPSA) is 61.4 Å². The van der Waals surface area contributed by atoms with Crippen LogP contribution in [0, 0.1) is 5.92 Å². The van der Waals surface area contributed by atoms with Gasteiger partial charge in [0.1, 0.15) is 0 Å². The molecule has 2 amide bonds. The molecule has 1 atom stereocenters. The molecule has 1 aromatic rings. The summed E-state index contributed by atoms with van der Waals surface area (Å²) in [5.74, 6) is -0.555. The Morgan fingerprint density at radius 2 is 1.91 bits per heavy atom. The fraction of sp³-hybridized carbons (Fsp3) is 0.647. The smallest absolute Gasteiger partial charge is 0.309 e. The van der Waals surface area contributed by atoms with Gasteiger partial charge in [0.05, 0.1) is 6.04 Å². The molecule has 0 aliphatic carbocycles. The average molecular weight is 337 g/mol. The van der Waals surface area contributed by atoms with E-state index in [9.17, 15) is 9.59 Å². The number of nitrogens with one attached hydrogen (secondary N) is 2. The van der Waals surface area contributed by atoms with Crippen molar-refractivity contribution >= 4 is 23.2 Å². The number of carbonyl (C=O) groups is 2. The van der Waals surface area contributed by atoms with E-state index in [2.05, 4.69) is 46.2 Å². The number of amides is 2. The second-order valence-electron chi connectivity index (χ2n) is 6.46. The lowest BCUT2D eigenvalue weighted by Crippen LogP contribution is -2.44. The molecule has 0 spiro atoms. The Balaban J connectivity index is 1.83. The molecule has 23 heavy (non-hydrogen) atoms. The summed E-state index contributed by atoms with van der Waals surface area (Å²) in [5, 5.41) is 9.65. The maximum Gasteiger partial charge on any atom is 0.309 e. The van der Waals surface area contributed by atoms with Gasteiger partial charge in [0.2, 0.25) is 0 Å². The zero-order valence-corrected chi connectivity index (χ0v) is 14.8. The molecule has 0 radical (unpaired) electrons. The Bertz CT molecular complexity index is 496. The van der Waals surface area contributed by atoms with Gasteiger partial charge in [0.15, 0.2) is 0 Å². The standard InChI is InChI=1S/C17H27N3O2S/c1-13(2)5-7-18-16(21)17(22)19-11-15(14-6-10-23-12-14)20-8-3-4-9-20/h6,10,12-13,15H,3-5,7-9,11H2,1-2H3,(H,18,21)(H,19,22). The molecule has 2 N–H and O–H groups in total. The molecule has 1 aromatic heterocycles. The lowest BCUT2D eigenvalue weighted by molar-refractivity contribution is -0.139. The summed E-state index contributed by atoms with van der Waals surface area (Å²) >= 11 is 1.66. The second kappa shape index (κ2) is 9.03. The minimum atomic E-state index is -0.534. The van der Waals surface area contributed by atoms with Crippen molar-refractivity contribution in [3.8, 4) is 0 Å². The van der Waals surface area contributed by atoms with Gasteiger partial charge in [0, 0.05) is 13.1 Å². The van der Waals surface area contributed by atoms with E-state index in [1.165, 1.54) is 18.4 Å². The third-order valence-corrected chi connectivity index (χ3v) is 4.88. The first kappa shape index (κ1) is 17.9. The predicted octanol–water partition coefficient (Wildman–Crippen LogP) is 2.16. The number of hydrogen-bond acceptors (Lipinski definition) is 4. The van der Waals surface area contributed by atoms with Crippen molar-refractivity contribution in [2.24, 2.45) is 5.92 Å². The summed E-state index contributed by atoms with van der Waals surface area (Å²) in [4.78, 5) is 26.2. The van der Waals surface area contributed by atoms with Gasteiger partial charge in [0.25, 0.3) is 0 Å². The Kier molecular flexibility index (Phi) is 7.05. The Labute approximate surface area is 142 Å². The highest BCUT2D eigenvalue weighted by Gasteiger charge is 2.25. The summed E-state index contributed by atoms with van der Waals surface area (Å²) in [6.07, 6.45) is 3.28. The van der Waals surface area contributed by atoms with Gasteiger partial charge in [-0.1, -0.05) is 13.8 Å². The highest BCUT2D eigenvalue weighted by molar-refractivity contribution is 7.07. The molecular weight excluding hydrogens is 310 g/mol. The first-order valence-corrected chi connectivity index (χ1v) is 9.34. The van der Waals surface area contributed by atoms with Crippen LogP contribution < -0.4 is 10.6 Å². The molecule has 6 heteroatoms. The van der Waals surface area contributed by atoms with Crippen molar-refractivity contribution in [1.29, 1.82) is 0 Å². The molecule has 128 valence electrons. The molecule has 5 nitrogen and oxygen atoms in total. The maximum absolute atomic E-state index is 12.0. The van der Waals surface area contributed by atoms with Crippen molar-refractivity contribution in [3.05, 3.63) is 22.4 Å². The number of likely N-dealkylation sites (tertiary alicyclic amines) is 1. The summed E-state index contributed by atoms with van der Waals surface area (Å²) < 4.78 is 0. The van der Waals surface area contributed by atoms with Crippen molar-refractivity contribution in [1.82, 2.24) is 15.5 Å². The second-order valence-corrected chi connectivity index (χ2v) is 7.24. The van der Waals surface area contributed by atoms with E-state index in [0.29, 0.717) is 19.0 Å². The molecule has 1 aliphatic heterocycles. The normalized spacial score (nSPS) is 16.5. The highest BCUT2D eigenvalue weighted by Crippen LogP contribution is 2.26. The maximum atomic E-state index is 12.0. The lowest BCUT2D eigenvalue weighted by atomic mass is 10.1. The van der Waals surface area contributed by atoms with Gasteiger partial charge in [-0.15, -0.1) is 0 Å². The summed E-state index contributed by atoms with van der Waals surface area (Å²) in [6.45, 7) is 7.31. The Hall–Kier alpha value is -1.40. The summed E-state index contributed by atoms with van der Waals surface area (Å²) in [7, 11) is 0. The van der Waals surface area contributed by atoms with Crippen LogP contribution in [0.4, 0.5) is 0 Å². The van der Waals surface area contributed by atoms with Crippen molar-refractivity contribution < 1.29 is 9.59 Å². The molecular formula is C17H27N3O2S. The van der Waals surface area contributed by atoms with Crippen molar-refractivity contribution in [2.45, 2.75) is 39.2 Å². The molecule has 1 aliphatic rings. The summed E-state index contributed by atoms with van der Waals surface area (Å²) in [6, 6.07) is 2.26. The van der Waals surface area contributed by atoms with Crippen LogP contribution in [0.25, 0.3) is 0 Å². The molecule has 0 aromatic carbocycles. The van der Waals surface area contributed by atoms with E-state index in [1.54, 1.807) is 11.3 Å². The quantitative estimate of drug-likeness (QED) is 0.750. The SMILES string of the molecule is CC(C)CCNC(=O)C(=O)NCC(c1ccsc1)N1CCCC1. The first-order valence-electron chi connectivity index (χ1n) is 8.40. The fourth-order valence-corrected chi connectivity index (χ4v) is 3.51. The van der Waals surface area contributed by atoms with Gasteiger partial charge in [-0.05, 0) is 60.7 Å². The van der Waals surface area contributed by atoms with E-state index in [4.69, 9.17) is 0 Å². The van der Waals surface area contributed by atoms with Crippen LogP contribution in [0.5, 0.6) is 0 Å². The Morgan fingerprint density at radius 3 is 2.52 bits per heavy atom. The zero-order valence-electron chi connectivity index (χ0n) is 14.0. The van der Waals surface area contributed by atoms with E-state index in [-0.39, 0.29) is 6.04 Å². The van der Waals surface area contributed by atoms with Gasteiger partial charge in [-0.2, -0.15) is 11.3 Å². The van der Waals surface area contributed by atoms with E-state index in [0.717, 1.165) is 19.5 Å². The number of carbonyl (C=O) groups excluding carboxylic acids is 2. The highest BCUT2D eigenvalue weighted by atomic mass is 32.1. The van der Waals surface area contributed by atoms with E-state index >= 15 is 0 Å². The van der Waals surface area contributed by atoms with Crippen LogP contribution in [-0.4, -0.2) is 42.9 Å². The molecule has 1 fully saturated rings. The molecule has 0 saturated carbocycles.